The fourth-order valence-corrected chi connectivity index (χ4v) is 2.70. The molecule has 0 aliphatic rings. The van der Waals surface area contributed by atoms with E-state index in [1.807, 2.05) is 50.2 Å². The van der Waals surface area contributed by atoms with E-state index in [-0.39, 0.29) is 14.9 Å². The molecule has 1 nitrogen and oxygen atoms in total. The lowest BCUT2D eigenvalue weighted by Gasteiger charge is -2.01. The SMILES string of the molecule is C.C.Cc1cccc(CBr)c1Cl.Cc1cccc(CN)c1Cl. The first kappa shape index (κ1) is 23.7. The largest absolute Gasteiger partial charge is 0.326 e. The molecule has 0 spiro atoms. The van der Waals surface area contributed by atoms with Gasteiger partial charge < -0.3 is 5.73 Å². The van der Waals surface area contributed by atoms with E-state index in [0.29, 0.717) is 6.54 Å². The van der Waals surface area contributed by atoms with Crippen molar-refractivity contribution < 1.29 is 0 Å². The van der Waals surface area contributed by atoms with Crippen LogP contribution in [0.1, 0.15) is 37.1 Å². The monoisotopic (exact) mass is 405 g/mol. The molecule has 0 radical (unpaired) electrons. The molecule has 4 heteroatoms. The van der Waals surface area contributed by atoms with Gasteiger partial charge in [-0.25, -0.2) is 0 Å². The number of halogens is 3. The first-order valence-corrected chi connectivity index (χ1v) is 8.13. The number of aryl methyl sites for hydroxylation is 2. The summed E-state index contributed by atoms with van der Waals surface area (Å²) >= 11 is 15.2. The second-order valence-corrected chi connectivity index (χ2v) is 5.75. The van der Waals surface area contributed by atoms with Crippen LogP contribution in [0.15, 0.2) is 36.4 Å². The molecule has 0 unspecified atom stereocenters. The minimum absolute atomic E-state index is 0. The Bertz CT molecular complexity index is 520. The van der Waals surface area contributed by atoms with Crippen molar-refractivity contribution in [2.75, 3.05) is 0 Å². The molecule has 0 atom stereocenters. The predicted octanol–water partition coefficient (Wildman–Crippen LogP) is 6.92. The number of rotatable bonds is 2. The van der Waals surface area contributed by atoms with Crippen molar-refractivity contribution in [2.45, 2.75) is 40.6 Å². The van der Waals surface area contributed by atoms with Gasteiger partial charge in [0.1, 0.15) is 0 Å². The Morgan fingerprint density at radius 3 is 1.59 bits per heavy atom. The van der Waals surface area contributed by atoms with Crippen LogP contribution >= 0.6 is 39.1 Å². The van der Waals surface area contributed by atoms with E-state index in [9.17, 15) is 0 Å². The van der Waals surface area contributed by atoms with Crippen LogP contribution < -0.4 is 5.73 Å². The van der Waals surface area contributed by atoms with Gasteiger partial charge in [0.25, 0.3) is 0 Å². The molecular weight excluding hydrogens is 381 g/mol. The highest BCUT2D eigenvalue weighted by molar-refractivity contribution is 9.08. The third kappa shape index (κ3) is 6.70. The molecule has 0 aliphatic carbocycles. The Kier molecular flexibility index (Phi) is 12.9. The number of alkyl halides is 1. The Labute approximate surface area is 154 Å². The molecule has 0 aliphatic heterocycles. The summed E-state index contributed by atoms with van der Waals surface area (Å²) in [5.74, 6) is 0. The van der Waals surface area contributed by atoms with Crippen LogP contribution in [0, 0.1) is 13.8 Å². The fourth-order valence-electron chi connectivity index (χ4n) is 1.68. The maximum atomic E-state index is 5.96. The van der Waals surface area contributed by atoms with E-state index in [2.05, 4.69) is 15.9 Å². The summed E-state index contributed by atoms with van der Waals surface area (Å²) in [6.45, 7) is 4.50. The van der Waals surface area contributed by atoms with Crippen molar-refractivity contribution in [3.63, 3.8) is 0 Å². The maximum absolute atomic E-state index is 5.96. The van der Waals surface area contributed by atoms with Gasteiger partial charge in [-0.15, -0.1) is 0 Å². The second kappa shape index (κ2) is 12.0. The Hall–Kier alpha value is -0.540. The van der Waals surface area contributed by atoms with Crippen molar-refractivity contribution in [2.24, 2.45) is 5.73 Å². The van der Waals surface area contributed by atoms with Crippen LogP contribution in [0.4, 0.5) is 0 Å². The van der Waals surface area contributed by atoms with Gasteiger partial charge in [0.05, 0.1) is 0 Å². The molecule has 0 fully saturated rings. The summed E-state index contributed by atoms with van der Waals surface area (Å²) in [5, 5.41) is 2.50. The van der Waals surface area contributed by atoms with Gasteiger partial charge in [0.2, 0.25) is 0 Å². The van der Waals surface area contributed by atoms with Gasteiger partial charge in [0, 0.05) is 21.9 Å². The Balaban J connectivity index is 0. The normalized spacial score (nSPS) is 9.00. The molecule has 2 aromatic rings. The zero-order chi connectivity index (χ0) is 15.1. The molecule has 124 valence electrons. The van der Waals surface area contributed by atoms with E-state index in [4.69, 9.17) is 28.9 Å². The second-order valence-electron chi connectivity index (χ2n) is 4.43. The topological polar surface area (TPSA) is 26.0 Å². The van der Waals surface area contributed by atoms with Crippen molar-refractivity contribution in [3.05, 3.63) is 68.7 Å². The first-order chi connectivity index (χ1) is 9.51. The average Bonchev–Trinajstić information content (AvgIpc) is 2.45. The first-order valence-electron chi connectivity index (χ1n) is 6.25. The fraction of sp³-hybridized carbons (Fsp3) is 0.333. The number of hydrogen-bond acceptors (Lipinski definition) is 1. The molecule has 0 amide bonds. The van der Waals surface area contributed by atoms with Gasteiger partial charge in [-0.2, -0.15) is 0 Å². The van der Waals surface area contributed by atoms with Gasteiger partial charge in [-0.3, -0.25) is 0 Å². The quantitative estimate of drug-likeness (QED) is 0.537. The van der Waals surface area contributed by atoms with E-state index >= 15 is 0 Å². The summed E-state index contributed by atoms with van der Waals surface area (Å²) in [5.41, 5.74) is 9.83. The van der Waals surface area contributed by atoms with Crippen molar-refractivity contribution in [1.29, 1.82) is 0 Å². The van der Waals surface area contributed by atoms with Crippen LogP contribution in [0.2, 0.25) is 10.0 Å². The smallest absolute Gasteiger partial charge is 0.0480 e. The van der Waals surface area contributed by atoms with Gasteiger partial charge in [-0.1, -0.05) is 90.4 Å². The van der Waals surface area contributed by atoms with E-state index < -0.39 is 0 Å². The zero-order valence-electron chi connectivity index (χ0n) is 11.6. The minimum atomic E-state index is 0. The van der Waals surface area contributed by atoms with Crippen LogP contribution in [-0.4, -0.2) is 0 Å². The lowest BCUT2D eigenvalue weighted by Crippen LogP contribution is -1.97. The molecule has 0 aromatic heterocycles. The van der Waals surface area contributed by atoms with Crippen LogP contribution in [0.3, 0.4) is 0 Å². The van der Waals surface area contributed by atoms with Crippen molar-refractivity contribution >= 4 is 39.1 Å². The molecule has 22 heavy (non-hydrogen) atoms. The highest BCUT2D eigenvalue weighted by Gasteiger charge is 1.99. The number of nitrogens with two attached hydrogens (primary N) is 1. The van der Waals surface area contributed by atoms with Crippen LogP contribution in [0.25, 0.3) is 0 Å². The van der Waals surface area contributed by atoms with Crippen LogP contribution in [-0.2, 0) is 11.9 Å². The molecule has 2 N–H and O–H groups in total. The summed E-state index contributed by atoms with van der Waals surface area (Å²) in [6, 6.07) is 11.9. The Morgan fingerprint density at radius 2 is 1.27 bits per heavy atom. The standard InChI is InChI=1S/C8H8BrCl.C8H10ClN.2CH4/c1-6-3-2-4-7(5-9)8(6)10;1-6-3-2-4-7(5-10)8(6)9;;/h2-4H,5H2,1H3;2-4H,5,10H2,1H3;2*1H4. The molecule has 0 heterocycles. The third-order valence-electron chi connectivity index (χ3n) is 2.91. The number of benzene rings is 2. The van der Waals surface area contributed by atoms with Gasteiger partial charge in [-0.05, 0) is 36.1 Å². The van der Waals surface area contributed by atoms with Gasteiger partial charge >= 0.3 is 0 Å². The lowest BCUT2D eigenvalue weighted by molar-refractivity contribution is 1.07. The summed E-state index contributed by atoms with van der Waals surface area (Å²) in [4.78, 5) is 0. The highest BCUT2D eigenvalue weighted by Crippen LogP contribution is 2.22. The van der Waals surface area contributed by atoms with E-state index in [1.165, 1.54) is 0 Å². The average molecular weight is 407 g/mol. The minimum Gasteiger partial charge on any atom is -0.326 e. The molecular formula is C18H26BrCl2N. The van der Waals surface area contributed by atoms with Gasteiger partial charge in [0.15, 0.2) is 0 Å². The van der Waals surface area contributed by atoms with E-state index in [0.717, 1.165) is 37.6 Å². The molecule has 0 bridgehead atoms. The number of hydrogen-bond donors (Lipinski definition) is 1. The maximum Gasteiger partial charge on any atom is 0.0480 e. The van der Waals surface area contributed by atoms with Crippen LogP contribution in [0.5, 0.6) is 0 Å². The lowest BCUT2D eigenvalue weighted by atomic mass is 10.1. The molecule has 0 saturated heterocycles. The summed E-state index contributed by atoms with van der Waals surface area (Å²) in [7, 11) is 0. The summed E-state index contributed by atoms with van der Waals surface area (Å²) < 4.78 is 0. The van der Waals surface area contributed by atoms with Crippen molar-refractivity contribution in [3.8, 4) is 0 Å². The van der Waals surface area contributed by atoms with Crippen molar-refractivity contribution in [1.82, 2.24) is 0 Å². The Morgan fingerprint density at radius 1 is 0.864 bits per heavy atom. The predicted molar refractivity (Wildman–Crippen MR) is 106 cm³/mol. The molecule has 0 saturated carbocycles. The zero-order valence-corrected chi connectivity index (χ0v) is 14.7. The molecule has 2 aromatic carbocycles. The third-order valence-corrected chi connectivity index (χ3v) is 4.59. The highest BCUT2D eigenvalue weighted by atomic mass is 79.9. The molecule has 2 rings (SSSR count). The summed E-state index contributed by atoms with van der Waals surface area (Å²) in [6.07, 6.45) is 0. The van der Waals surface area contributed by atoms with E-state index in [1.54, 1.807) is 0 Å².